The molecule has 0 bridgehead atoms. The van der Waals surface area contributed by atoms with Gasteiger partial charge in [0.25, 0.3) is 0 Å². The van der Waals surface area contributed by atoms with E-state index in [4.69, 9.17) is 0 Å². The van der Waals surface area contributed by atoms with Gasteiger partial charge >= 0.3 is 0 Å². The van der Waals surface area contributed by atoms with Crippen LogP contribution in [0.1, 0.15) is 52.5 Å². The van der Waals surface area contributed by atoms with Gasteiger partial charge in [-0.1, -0.05) is 26.0 Å². The van der Waals surface area contributed by atoms with Gasteiger partial charge in [-0.05, 0) is 44.4 Å². The summed E-state index contributed by atoms with van der Waals surface area (Å²) in [5.41, 5.74) is 1.90. The van der Waals surface area contributed by atoms with Crippen molar-refractivity contribution in [2.45, 2.75) is 59.5 Å². The van der Waals surface area contributed by atoms with Crippen molar-refractivity contribution < 1.29 is 4.79 Å². The summed E-state index contributed by atoms with van der Waals surface area (Å²) in [6, 6.07) is 8.23. The van der Waals surface area contributed by atoms with Crippen LogP contribution in [0.5, 0.6) is 0 Å². The second kappa shape index (κ2) is 10.6. The average molecular weight is 318 g/mol. The molecule has 0 heterocycles. The van der Waals surface area contributed by atoms with E-state index in [2.05, 4.69) is 41.7 Å². The number of carbonyl (C=O) groups excluding carboxylic acids is 1. The zero-order chi connectivity index (χ0) is 17.1. The predicted molar refractivity (Wildman–Crippen MR) is 97.7 cm³/mol. The van der Waals surface area contributed by atoms with Crippen molar-refractivity contribution in [1.29, 1.82) is 0 Å². The van der Waals surface area contributed by atoms with Gasteiger partial charge in [-0.15, -0.1) is 0 Å². The third kappa shape index (κ3) is 7.68. The third-order valence-corrected chi connectivity index (χ3v) is 3.45. The molecule has 128 valence electrons. The van der Waals surface area contributed by atoms with E-state index in [0.717, 1.165) is 36.6 Å². The standard InChI is InChI=1S/C18H30N4O/c1-5-9-17(23)22-16-11-8-10-15(12-16)13-20-18(19-7-3)21-14(4)6-2/h8,10-12,14H,5-7,9,13H2,1-4H3,(H,22,23)(H2,19,20,21). The predicted octanol–water partition coefficient (Wildman–Crippen LogP) is 3.28. The summed E-state index contributed by atoms with van der Waals surface area (Å²) in [7, 11) is 0. The van der Waals surface area contributed by atoms with E-state index in [1.54, 1.807) is 0 Å². The van der Waals surface area contributed by atoms with Gasteiger partial charge < -0.3 is 16.0 Å². The first-order chi connectivity index (χ1) is 11.1. The Bertz CT molecular complexity index is 513. The number of nitrogens with zero attached hydrogens (tertiary/aromatic N) is 1. The average Bonchev–Trinajstić information content (AvgIpc) is 2.53. The maximum absolute atomic E-state index is 11.7. The molecule has 1 aromatic rings. The SMILES string of the molecule is CCCC(=O)Nc1cccc(CN=C(NCC)NC(C)CC)c1. The number of anilines is 1. The Hall–Kier alpha value is -2.04. The lowest BCUT2D eigenvalue weighted by molar-refractivity contribution is -0.116. The quantitative estimate of drug-likeness (QED) is 0.509. The molecule has 0 radical (unpaired) electrons. The number of amides is 1. The molecule has 1 unspecified atom stereocenters. The van der Waals surface area contributed by atoms with E-state index < -0.39 is 0 Å². The van der Waals surface area contributed by atoms with Gasteiger partial charge in [0.2, 0.25) is 5.91 Å². The fourth-order valence-electron chi connectivity index (χ4n) is 2.02. The van der Waals surface area contributed by atoms with Crippen molar-refractivity contribution >= 4 is 17.6 Å². The second-order valence-electron chi connectivity index (χ2n) is 5.65. The second-order valence-corrected chi connectivity index (χ2v) is 5.65. The van der Waals surface area contributed by atoms with Crippen molar-refractivity contribution in [3.8, 4) is 0 Å². The van der Waals surface area contributed by atoms with Crippen LogP contribution >= 0.6 is 0 Å². The summed E-state index contributed by atoms with van der Waals surface area (Å²) in [4.78, 5) is 16.3. The number of guanidine groups is 1. The molecular formula is C18H30N4O. The first-order valence-corrected chi connectivity index (χ1v) is 8.52. The Kier molecular flexibility index (Phi) is 8.80. The van der Waals surface area contributed by atoms with E-state index in [0.29, 0.717) is 19.0 Å². The number of aliphatic imine (C=N–C) groups is 1. The highest BCUT2D eigenvalue weighted by molar-refractivity contribution is 5.90. The first kappa shape index (κ1) is 19.0. The van der Waals surface area contributed by atoms with E-state index in [9.17, 15) is 4.79 Å². The zero-order valence-corrected chi connectivity index (χ0v) is 14.8. The van der Waals surface area contributed by atoms with Gasteiger partial charge in [0, 0.05) is 24.7 Å². The number of carbonyl (C=O) groups is 1. The van der Waals surface area contributed by atoms with Gasteiger partial charge in [-0.3, -0.25) is 4.79 Å². The molecule has 1 amide bonds. The first-order valence-electron chi connectivity index (χ1n) is 8.52. The monoisotopic (exact) mass is 318 g/mol. The van der Waals surface area contributed by atoms with Crippen molar-refractivity contribution in [2.24, 2.45) is 4.99 Å². The molecule has 0 aliphatic carbocycles. The summed E-state index contributed by atoms with van der Waals surface area (Å²) in [6.45, 7) is 9.73. The fraction of sp³-hybridized carbons (Fsp3) is 0.556. The largest absolute Gasteiger partial charge is 0.357 e. The van der Waals surface area contributed by atoms with Gasteiger partial charge in [0.1, 0.15) is 0 Å². The van der Waals surface area contributed by atoms with Crippen molar-refractivity contribution in [3.63, 3.8) is 0 Å². The molecule has 23 heavy (non-hydrogen) atoms. The maximum Gasteiger partial charge on any atom is 0.224 e. The van der Waals surface area contributed by atoms with Crippen LogP contribution in [0, 0.1) is 0 Å². The zero-order valence-electron chi connectivity index (χ0n) is 14.8. The minimum Gasteiger partial charge on any atom is -0.357 e. The number of rotatable bonds is 8. The van der Waals surface area contributed by atoms with Gasteiger partial charge in [0.15, 0.2) is 5.96 Å². The maximum atomic E-state index is 11.7. The van der Waals surface area contributed by atoms with Crippen LogP contribution in [-0.2, 0) is 11.3 Å². The van der Waals surface area contributed by atoms with Crippen LogP contribution in [0.25, 0.3) is 0 Å². The van der Waals surface area contributed by atoms with Gasteiger partial charge in [-0.2, -0.15) is 0 Å². The Morgan fingerprint density at radius 3 is 2.70 bits per heavy atom. The molecule has 5 heteroatoms. The van der Waals surface area contributed by atoms with Crippen molar-refractivity contribution in [2.75, 3.05) is 11.9 Å². The molecule has 0 spiro atoms. The smallest absolute Gasteiger partial charge is 0.224 e. The van der Waals surface area contributed by atoms with Crippen LogP contribution in [-0.4, -0.2) is 24.5 Å². The molecule has 1 atom stereocenters. The van der Waals surface area contributed by atoms with E-state index in [1.165, 1.54) is 0 Å². The molecule has 0 aliphatic rings. The lowest BCUT2D eigenvalue weighted by atomic mass is 10.2. The normalized spacial score (nSPS) is 12.6. The van der Waals surface area contributed by atoms with Crippen molar-refractivity contribution in [1.82, 2.24) is 10.6 Å². The number of nitrogens with one attached hydrogen (secondary N) is 3. The Morgan fingerprint density at radius 2 is 2.04 bits per heavy atom. The topological polar surface area (TPSA) is 65.5 Å². The van der Waals surface area contributed by atoms with Crippen LogP contribution < -0.4 is 16.0 Å². The molecule has 1 aromatic carbocycles. The summed E-state index contributed by atoms with van der Waals surface area (Å²) < 4.78 is 0. The van der Waals surface area contributed by atoms with Crippen molar-refractivity contribution in [3.05, 3.63) is 29.8 Å². The molecule has 5 nitrogen and oxygen atoms in total. The summed E-state index contributed by atoms with van der Waals surface area (Å²) >= 11 is 0. The van der Waals surface area contributed by atoms with Gasteiger partial charge in [-0.25, -0.2) is 4.99 Å². The fourth-order valence-corrected chi connectivity index (χ4v) is 2.02. The van der Waals surface area contributed by atoms with Crippen LogP contribution in [0.3, 0.4) is 0 Å². The number of benzene rings is 1. The highest BCUT2D eigenvalue weighted by atomic mass is 16.1. The summed E-state index contributed by atoms with van der Waals surface area (Å²) in [6.07, 6.45) is 2.44. The molecular weight excluding hydrogens is 288 g/mol. The molecule has 0 saturated carbocycles. The molecule has 3 N–H and O–H groups in total. The van der Waals surface area contributed by atoms with E-state index in [-0.39, 0.29) is 5.91 Å². The minimum atomic E-state index is 0.0555. The third-order valence-electron chi connectivity index (χ3n) is 3.45. The number of hydrogen-bond acceptors (Lipinski definition) is 2. The lowest BCUT2D eigenvalue weighted by Gasteiger charge is -2.16. The van der Waals surface area contributed by atoms with E-state index >= 15 is 0 Å². The van der Waals surface area contributed by atoms with E-state index in [1.807, 2.05) is 31.2 Å². The molecule has 0 aliphatic heterocycles. The minimum absolute atomic E-state index is 0.0555. The molecule has 0 aromatic heterocycles. The molecule has 0 saturated heterocycles. The Labute approximate surface area is 140 Å². The summed E-state index contributed by atoms with van der Waals surface area (Å²) in [5, 5.41) is 9.54. The molecule has 1 rings (SSSR count). The lowest BCUT2D eigenvalue weighted by Crippen LogP contribution is -2.41. The Morgan fingerprint density at radius 1 is 1.26 bits per heavy atom. The highest BCUT2D eigenvalue weighted by Crippen LogP contribution is 2.12. The Balaban J connectivity index is 2.70. The summed E-state index contributed by atoms with van der Waals surface area (Å²) in [5.74, 6) is 0.877. The number of hydrogen-bond donors (Lipinski definition) is 3. The van der Waals surface area contributed by atoms with Crippen LogP contribution in [0.2, 0.25) is 0 Å². The highest BCUT2D eigenvalue weighted by Gasteiger charge is 2.04. The van der Waals surface area contributed by atoms with Crippen LogP contribution in [0.15, 0.2) is 29.3 Å². The van der Waals surface area contributed by atoms with Gasteiger partial charge in [0.05, 0.1) is 6.54 Å². The van der Waals surface area contributed by atoms with Crippen LogP contribution in [0.4, 0.5) is 5.69 Å². The molecule has 0 fully saturated rings.